The van der Waals surface area contributed by atoms with Gasteiger partial charge in [0.15, 0.2) is 0 Å². The molecule has 1 aliphatic carbocycles. The second-order valence-corrected chi connectivity index (χ2v) is 6.61. The standard InChI is InChI=1S/C20H24N2O3/c1-4-25-20(24)13-9-10-17-16(11-13)15-8-6-5-7-14(12-22(2)3)19(23)18(15)21-17/h9-12,21H,4-8H2,1-3H3/b14-12+. The molecule has 1 aliphatic rings. The molecule has 2 aromatic rings. The van der Waals surface area contributed by atoms with Crippen molar-refractivity contribution in [1.82, 2.24) is 9.88 Å². The van der Waals surface area contributed by atoms with Crippen molar-refractivity contribution in [3.63, 3.8) is 0 Å². The molecule has 5 heteroatoms. The zero-order chi connectivity index (χ0) is 18.0. The van der Waals surface area contributed by atoms with Crippen LogP contribution in [0.25, 0.3) is 10.9 Å². The SMILES string of the molecule is CCOC(=O)c1ccc2[nH]c3c(c2c1)CCCC/C(=C\N(C)C)C3=O. The highest BCUT2D eigenvalue weighted by molar-refractivity contribution is 6.12. The first-order chi connectivity index (χ1) is 12.0. The van der Waals surface area contributed by atoms with Crippen LogP contribution in [0.2, 0.25) is 0 Å². The summed E-state index contributed by atoms with van der Waals surface area (Å²) in [6, 6.07) is 5.44. The number of benzene rings is 1. The van der Waals surface area contributed by atoms with Crippen LogP contribution in [0.1, 0.15) is 52.6 Å². The molecule has 1 N–H and O–H groups in total. The number of Topliss-reactive ketones (excluding diaryl/α,β-unsaturated/α-hetero) is 1. The lowest BCUT2D eigenvalue weighted by atomic mass is 9.92. The number of hydrogen-bond acceptors (Lipinski definition) is 4. The molecule has 3 rings (SSSR count). The number of rotatable bonds is 3. The summed E-state index contributed by atoms with van der Waals surface area (Å²) >= 11 is 0. The third kappa shape index (κ3) is 3.45. The molecule has 132 valence electrons. The van der Waals surface area contributed by atoms with Gasteiger partial charge in [0.2, 0.25) is 5.78 Å². The number of carbonyl (C=O) groups excluding carboxylic acids is 2. The van der Waals surface area contributed by atoms with Gasteiger partial charge in [0.1, 0.15) is 0 Å². The Labute approximate surface area is 147 Å². The van der Waals surface area contributed by atoms with Crippen LogP contribution in [-0.2, 0) is 11.2 Å². The number of ketones is 1. The normalized spacial score (nSPS) is 16.4. The summed E-state index contributed by atoms with van der Waals surface area (Å²) in [6.07, 6.45) is 5.53. The van der Waals surface area contributed by atoms with Crippen LogP contribution in [0.4, 0.5) is 0 Å². The fourth-order valence-electron chi connectivity index (χ4n) is 3.37. The van der Waals surface area contributed by atoms with Crippen molar-refractivity contribution >= 4 is 22.7 Å². The third-order valence-electron chi connectivity index (χ3n) is 4.47. The van der Waals surface area contributed by atoms with Gasteiger partial charge in [-0.3, -0.25) is 4.79 Å². The van der Waals surface area contributed by atoms with Gasteiger partial charge in [-0.1, -0.05) is 0 Å². The lowest BCUT2D eigenvalue weighted by Gasteiger charge is -2.15. The highest BCUT2D eigenvalue weighted by Gasteiger charge is 2.23. The molecule has 0 radical (unpaired) electrons. The van der Waals surface area contributed by atoms with Gasteiger partial charge < -0.3 is 14.6 Å². The number of allylic oxidation sites excluding steroid dienone is 1. The predicted octanol–water partition coefficient (Wildman–Crippen LogP) is 3.70. The van der Waals surface area contributed by atoms with Gasteiger partial charge in [-0.15, -0.1) is 0 Å². The average molecular weight is 340 g/mol. The molecule has 0 atom stereocenters. The second kappa shape index (κ2) is 7.13. The Bertz CT molecular complexity index is 846. The van der Waals surface area contributed by atoms with E-state index in [1.165, 1.54) is 0 Å². The van der Waals surface area contributed by atoms with Crippen molar-refractivity contribution in [1.29, 1.82) is 0 Å². The van der Waals surface area contributed by atoms with Crippen LogP contribution in [0.15, 0.2) is 30.0 Å². The van der Waals surface area contributed by atoms with Gasteiger partial charge in [0.05, 0.1) is 17.9 Å². The Morgan fingerprint density at radius 2 is 2.04 bits per heavy atom. The smallest absolute Gasteiger partial charge is 0.338 e. The topological polar surface area (TPSA) is 62.4 Å². The van der Waals surface area contributed by atoms with Gasteiger partial charge in [-0.25, -0.2) is 4.79 Å². The zero-order valence-corrected chi connectivity index (χ0v) is 15.0. The summed E-state index contributed by atoms with van der Waals surface area (Å²) in [4.78, 5) is 30.2. The number of fused-ring (bicyclic) bond motifs is 3. The molecule has 0 saturated carbocycles. The number of aromatic nitrogens is 1. The zero-order valence-electron chi connectivity index (χ0n) is 15.0. The van der Waals surface area contributed by atoms with Crippen molar-refractivity contribution in [3.05, 3.63) is 46.8 Å². The van der Waals surface area contributed by atoms with Crippen LogP contribution in [0, 0.1) is 0 Å². The number of nitrogens with one attached hydrogen (secondary N) is 1. The Kier molecular flexibility index (Phi) is 4.93. The fourth-order valence-corrected chi connectivity index (χ4v) is 3.37. The summed E-state index contributed by atoms with van der Waals surface area (Å²) in [5.74, 6) is -0.276. The second-order valence-electron chi connectivity index (χ2n) is 6.61. The van der Waals surface area contributed by atoms with Crippen LogP contribution in [0.5, 0.6) is 0 Å². The van der Waals surface area contributed by atoms with E-state index in [2.05, 4.69) is 4.98 Å². The minimum Gasteiger partial charge on any atom is -0.462 e. The molecule has 5 nitrogen and oxygen atoms in total. The summed E-state index contributed by atoms with van der Waals surface area (Å²) < 4.78 is 5.09. The lowest BCUT2D eigenvalue weighted by molar-refractivity contribution is 0.0526. The molecule has 1 heterocycles. The van der Waals surface area contributed by atoms with Crippen molar-refractivity contribution in [3.8, 4) is 0 Å². The Morgan fingerprint density at radius 3 is 2.76 bits per heavy atom. The molecule has 1 aromatic heterocycles. The molecule has 25 heavy (non-hydrogen) atoms. The van der Waals surface area contributed by atoms with E-state index in [0.29, 0.717) is 17.9 Å². The first-order valence-corrected chi connectivity index (χ1v) is 8.74. The van der Waals surface area contributed by atoms with Gasteiger partial charge in [-0.2, -0.15) is 0 Å². The molecule has 0 aliphatic heterocycles. The van der Waals surface area contributed by atoms with E-state index in [1.807, 2.05) is 37.3 Å². The van der Waals surface area contributed by atoms with Gasteiger partial charge in [0, 0.05) is 36.8 Å². The molecule has 1 aromatic carbocycles. The van der Waals surface area contributed by atoms with E-state index in [-0.39, 0.29) is 11.8 Å². The van der Waals surface area contributed by atoms with Crippen molar-refractivity contribution in [2.24, 2.45) is 0 Å². The van der Waals surface area contributed by atoms with E-state index in [4.69, 9.17) is 4.74 Å². The molecule has 0 spiro atoms. The maximum Gasteiger partial charge on any atom is 0.338 e. The fraction of sp³-hybridized carbons (Fsp3) is 0.400. The summed E-state index contributed by atoms with van der Waals surface area (Å²) in [7, 11) is 3.85. The number of esters is 1. The minimum atomic E-state index is -0.329. The molecule has 0 amide bonds. The summed E-state index contributed by atoms with van der Waals surface area (Å²) in [5, 5.41) is 0.944. The third-order valence-corrected chi connectivity index (χ3v) is 4.47. The van der Waals surface area contributed by atoms with Crippen LogP contribution >= 0.6 is 0 Å². The average Bonchev–Trinajstić information content (AvgIpc) is 2.93. The van der Waals surface area contributed by atoms with Crippen molar-refractivity contribution in [2.75, 3.05) is 20.7 Å². The van der Waals surface area contributed by atoms with Crippen LogP contribution in [-0.4, -0.2) is 42.3 Å². The largest absolute Gasteiger partial charge is 0.462 e. The van der Waals surface area contributed by atoms with Crippen molar-refractivity contribution < 1.29 is 14.3 Å². The minimum absolute atomic E-state index is 0.0530. The Hall–Kier alpha value is -2.56. The van der Waals surface area contributed by atoms with E-state index in [0.717, 1.165) is 47.7 Å². The maximum absolute atomic E-state index is 13.0. The molecule has 0 bridgehead atoms. The van der Waals surface area contributed by atoms with Gasteiger partial charge in [-0.05, 0) is 56.4 Å². The number of nitrogens with zero attached hydrogens (tertiary/aromatic N) is 1. The lowest BCUT2D eigenvalue weighted by Crippen LogP contribution is -2.13. The molecule has 0 fully saturated rings. The number of carbonyl (C=O) groups is 2. The highest BCUT2D eigenvalue weighted by atomic mass is 16.5. The highest BCUT2D eigenvalue weighted by Crippen LogP contribution is 2.30. The monoisotopic (exact) mass is 340 g/mol. The maximum atomic E-state index is 13.0. The van der Waals surface area contributed by atoms with Gasteiger partial charge in [0.25, 0.3) is 0 Å². The molecule has 0 saturated heterocycles. The molecule has 0 unspecified atom stereocenters. The van der Waals surface area contributed by atoms with Crippen LogP contribution in [0.3, 0.4) is 0 Å². The number of H-pyrrole nitrogens is 1. The first-order valence-electron chi connectivity index (χ1n) is 8.74. The first kappa shape index (κ1) is 17.3. The van der Waals surface area contributed by atoms with E-state index in [9.17, 15) is 9.59 Å². The van der Waals surface area contributed by atoms with E-state index in [1.54, 1.807) is 13.0 Å². The summed E-state index contributed by atoms with van der Waals surface area (Å²) in [5.41, 5.74) is 3.90. The predicted molar refractivity (Wildman–Crippen MR) is 97.9 cm³/mol. The quantitative estimate of drug-likeness (QED) is 0.683. The Morgan fingerprint density at radius 1 is 1.28 bits per heavy atom. The van der Waals surface area contributed by atoms with E-state index >= 15 is 0 Å². The van der Waals surface area contributed by atoms with Crippen molar-refractivity contribution in [2.45, 2.75) is 32.6 Å². The number of aromatic amines is 1. The summed E-state index contributed by atoms with van der Waals surface area (Å²) in [6.45, 7) is 2.14. The van der Waals surface area contributed by atoms with E-state index < -0.39 is 0 Å². The molecular formula is C20H24N2O3. The number of hydrogen-bond donors (Lipinski definition) is 1. The Balaban J connectivity index is 2.10. The molecular weight excluding hydrogens is 316 g/mol. The van der Waals surface area contributed by atoms with Gasteiger partial charge >= 0.3 is 5.97 Å². The number of ether oxygens (including phenoxy) is 1. The number of aryl methyl sites for hydroxylation is 1. The van der Waals surface area contributed by atoms with Crippen LogP contribution < -0.4 is 0 Å².